The van der Waals surface area contributed by atoms with Crippen LogP contribution in [0.2, 0.25) is 0 Å². The lowest BCUT2D eigenvalue weighted by atomic mass is 10.0. The molecule has 0 saturated carbocycles. The lowest BCUT2D eigenvalue weighted by molar-refractivity contribution is -0.143. The molecule has 0 spiro atoms. The summed E-state index contributed by atoms with van der Waals surface area (Å²) in [7, 11) is 0. The van der Waals surface area contributed by atoms with Crippen molar-refractivity contribution in [2.75, 3.05) is 13.2 Å². The fourth-order valence-electron chi connectivity index (χ4n) is 11.6. The average molecular weight is 1140 g/mol. The highest BCUT2D eigenvalue weighted by molar-refractivity contribution is 5.76. The molecule has 6 nitrogen and oxygen atoms in total. The van der Waals surface area contributed by atoms with Crippen LogP contribution in [-0.2, 0) is 14.3 Å². The molecule has 0 aromatic rings. The molecule has 0 aliphatic heterocycles. The first-order valence-electron chi connectivity index (χ1n) is 36.8. The maximum Gasteiger partial charge on any atom is 0.305 e. The predicted molar refractivity (Wildman–Crippen MR) is 356 cm³/mol. The first kappa shape index (κ1) is 79.1. The Hall–Kier alpha value is -1.92. The minimum atomic E-state index is -0.842. The van der Waals surface area contributed by atoms with Crippen molar-refractivity contribution >= 4 is 11.9 Å². The van der Waals surface area contributed by atoms with Crippen molar-refractivity contribution in [1.82, 2.24) is 5.32 Å². The molecule has 478 valence electrons. The van der Waals surface area contributed by atoms with Crippen molar-refractivity contribution in [2.24, 2.45) is 0 Å². The monoisotopic (exact) mass is 1140 g/mol. The van der Waals surface area contributed by atoms with Crippen LogP contribution in [0.1, 0.15) is 406 Å². The van der Waals surface area contributed by atoms with Crippen molar-refractivity contribution in [3.05, 3.63) is 36.5 Å². The molecule has 0 aromatic heterocycles. The first-order valence-corrected chi connectivity index (χ1v) is 36.8. The normalized spacial score (nSPS) is 12.7. The van der Waals surface area contributed by atoms with E-state index in [2.05, 4.69) is 43.5 Å². The second-order valence-electron chi connectivity index (χ2n) is 25.3. The average Bonchev–Trinajstić information content (AvgIpc) is 3.47. The van der Waals surface area contributed by atoms with Gasteiger partial charge in [0.25, 0.3) is 0 Å². The van der Waals surface area contributed by atoms with E-state index in [4.69, 9.17) is 4.74 Å². The molecule has 0 aromatic carbocycles. The van der Waals surface area contributed by atoms with Gasteiger partial charge in [-0.05, 0) is 64.2 Å². The number of rotatable bonds is 69. The lowest BCUT2D eigenvalue weighted by Crippen LogP contribution is -2.45. The maximum atomic E-state index is 12.5. The minimum Gasteiger partial charge on any atom is -0.466 e. The van der Waals surface area contributed by atoms with E-state index in [0.29, 0.717) is 19.4 Å². The number of carbonyl (C=O) groups excluding carboxylic acids is 2. The zero-order chi connectivity index (χ0) is 58.5. The summed E-state index contributed by atoms with van der Waals surface area (Å²) in [5.74, 6) is -0.0537. The molecule has 2 unspecified atom stereocenters. The zero-order valence-electron chi connectivity index (χ0n) is 54.8. The Bertz CT molecular complexity index is 1310. The van der Waals surface area contributed by atoms with E-state index < -0.39 is 12.1 Å². The molecule has 0 aliphatic carbocycles. The minimum absolute atomic E-state index is 0.00677. The summed E-state index contributed by atoms with van der Waals surface area (Å²) in [6.45, 7) is 4.91. The number of nitrogens with one attached hydrogen (secondary N) is 1. The van der Waals surface area contributed by atoms with Gasteiger partial charge in [0.2, 0.25) is 5.91 Å². The van der Waals surface area contributed by atoms with E-state index in [9.17, 15) is 19.8 Å². The Balaban J connectivity index is 3.35. The van der Waals surface area contributed by atoms with Gasteiger partial charge in [0.1, 0.15) is 0 Å². The van der Waals surface area contributed by atoms with Crippen molar-refractivity contribution in [1.29, 1.82) is 0 Å². The Morgan fingerprint density at radius 3 is 0.963 bits per heavy atom. The van der Waals surface area contributed by atoms with Crippen LogP contribution < -0.4 is 5.32 Å². The van der Waals surface area contributed by atoms with Crippen LogP contribution in [0.15, 0.2) is 36.5 Å². The van der Waals surface area contributed by atoms with Crippen LogP contribution in [0, 0.1) is 0 Å². The van der Waals surface area contributed by atoms with Gasteiger partial charge in [-0.2, -0.15) is 0 Å². The van der Waals surface area contributed by atoms with Crippen molar-refractivity contribution in [3.8, 4) is 0 Å². The summed E-state index contributed by atoms with van der Waals surface area (Å²) >= 11 is 0. The van der Waals surface area contributed by atoms with Gasteiger partial charge in [0.15, 0.2) is 0 Å². The van der Waals surface area contributed by atoms with E-state index in [1.54, 1.807) is 6.08 Å². The van der Waals surface area contributed by atoms with Gasteiger partial charge in [-0.1, -0.05) is 365 Å². The Morgan fingerprint density at radius 1 is 0.346 bits per heavy atom. The summed E-state index contributed by atoms with van der Waals surface area (Å²) in [5, 5.41) is 23.2. The number of aliphatic hydroxyl groups excluding tert-OH is 2. The largest absolute Gasteiger partial charge is 0.466 e. The highest BCUT2D eigenvalue weighted by Crippen LogP contribution is 2.19. The van der Waals surface area contributed by atoms with E-state index in [-0.39, 0.29) is 18.5 Å². The van der Waals surface area contributed by atoms with E-state index >= 15 is 0 Å². The second kappa shape index (κ2) is 70.6. The Kier molecular flexibility index (Phi) is 68.9. The molecule has 0 heterocycles. The van der Waals surface area contributed by atoms with E-state index in [0.717, 1.165) is 51.4 Å². The molecule has 81 heavy (non-hydrogen) atoms. The number of unbranched alkanes of at least 4 members (excludes halogenated alkanes) is 54. The van der Waals surface area contributed by atoms with Gasteiger partial charge < -0.3 is 20.3 Å². The molecule has 0 aliphatic rings. The molecule has 6 heteroatoms. The van der Waals surface area contributed by atoms with Gasteiger partial charge in [0, 0.05) is 12.8 Å². The molecule has 3 N–H and O–H groups in total. The zero-order valence-corrected chi connectivity index (χ0v) is 54.8. The summed E-state index contributed by atoms with van der Waals surface area (Å²) in [4.78, 5) is 24.6. The number of esters is 1. The smallest absolute Gasteiger partial charge is 0.305 e. The van der Waals surface area contributed by atoms with Crippen LogP contribution in [0.5, 0.6) is 0 Å². The van der Waals surface area contributed by atoms with Gasteiger partial charge in [-0.15, -0.1) is 0 Å². The number of allylic oxidation sites excluding steroid dienone is 5. The molecular formula is C75H143NO5. The van der Waals surface area contributed by atoms with Crippen molar-refractivity contribution in [3.63, 3.8) is 0 Å². The van der Waals surface area contributed by atoms with Crippen LogP contribution >= 0.6 is 0 Å². The van der Waals surface area contributed by atoms with Crippen LogP contribution in [0.25, 0.3) is 0 Å². The van der Waals surface area contributed by atoms with Crippen LogP contribution in [0.4, 0.5) is 0 Å². The fourth-order valence-corrected chi connectivity index (χ4v) is 11.6. The fraction of sp³-hybridized carbons (Fsp3) is 0.893. The first-order chi connectivity index (χ1) is 40.0. The van der Waals surface area contributed by atoms with E-state index in [1.807, 2.05) is 6.08 Å². The molecule has 0 rings (SSSR count). The number of ether oxygens (including phenoxy) is 1. The quantitative estimate of drug-likeness (QED) is 0.0320. The third-order valence-corrected chi connectivity index (χ3v) is 17.2. The topological polar surface area (TPSA) is 95.9 Å². The second-order valence-corrected chi connectivity index (χ2v) is 25.3. The number of amides is 1. The highest BCUT2D eigenvalue weighted by Gasteiger charge is 2.18. The van der Waals surface area contributed by atoms with Crippen LogP contribution in [0.3, 0.4) is 0 Å². The highest BCUT2D eigenvalue weighted by atomic mass is 16.5. The Morgan fingerprint density at radius 2 is 0.617 bits per heavy atom. The lowest BCUT2D eigenvalue weighted by Gasteiger charge is -2.20. The maximum absolute atomic E-state index is 12.5. The summed E-state index contributed by atoms with van der Waals surface area (Å²) in [5.41, 5.74) is 0. The third-order valence-electron chi connectivity index (χ3n) is 17.2. The van der Waals surface area contributed by atoms with Crippen LogP contribution in [-0.4, -0.2) is 47.4 Å². The third kappa shape index (κ3) is 67.1. The molecule has 1 amide bonds. The molecular weight excluding hydrogens is 995 g/mol. The molecule has 0 radical (unpaired) electrons. The van der Waals surface area contributed by atoms with Crippen molar-refractivity contribution in [2.45, 2.75) is 418 Å². The van der Waals surface area contributed by atoms with Gasteiger partial charge in [-0.3, -0.25) is 9.59 Å². The number of aliphatic hydroxyl groups is 2. The molecule has 0 saturated heterocycles. The SMILES string of the molecule is CCCCC/C=C\C/C=C\CCCCCCCC(=O)OCCCCCCCCCCCCCCCCCCCCCCCCCCCCCCCCCC(=O)NC(CO)C(O)/C=C/CCCCCCCCCCCCCCCCCC. The number of hydrogen-bond donors (Lipinski definition) is 3. The predicted octanol–water partition coefficient (Wildman–Crippen LogP) is 23.9. The summed E-state index contributed by atoms with van der Waals surface area (Å²) < 4.78 is 5.49. The molecule has 0 bridgehead atoms. The van der Waals surface area contributed by atoms with Crippen molar-refractivity contribution < 1.29 is 24.5 Å². The molecule has 2 atom stereocenters. The standard InChI is InChI=1S/C75H143NO5/c1-3-5-7-9-11-13-15-17-19-20-36-40-43-47-51-55-59-63-67-73(78)72(71-77)76-74(79)68-64-60-56-52-48-44-41-37-34-32-30-28-26-24-22-21-23-25-27-29-31-33-35-38-42-46-50-54-58-62-66-70-81-75(80)69-65-61-57-53-49-45-39-18-16-14-12-10-8-6-4-2/h12,14,18,39,63,67,72-73,77-78H,3-11,13,15-17,19-38,40-62,64-66,68-71H2,1-2H3,(H,76,79)/b14-12-,39-18-,67-63+. The van der Waals surface area contributed by atoms with E-state index in [1.165, 1.54) is 327 Å². The summed E-state index contributed by atoms with van der Waals surface area (Å²) in [6, 6.07) is -0.625. The van der Waals surface area contributed by atoms with Gasteiger partial charge in [0.05, 0.1) is 25.4 Å². The van der Waals surface area contributed by atoms with Gasteiger partial charge in [-0.25, -0.2) is 0 Å². The number of hydrogen-bond acceptors (Lipinski definition) is 5. The van der Waals surface area contributed by atoms with Gasteiger partial charge >= 0.3 is 5.97 Å². The molecule has 0 fully saturated rings. The number of carbonyl (C=O) groups is 2. The summed E-state index contributed by atoms with van der Waals surface area (Å²) in [6.07, 6.45) is 91.0. The Labute approximate surface area is 506 Å².